The fourth-order valence-electron chi connectivity index (χ4n) is 12.3. The number of nitrogens with one attached hydrogen (secondary N) is 18. The van der Waals surface area contributed by atoms with Crippen LogP contribution in [0.15, 0.2) is 67.3 Å². The Hall–Kier alpha value is -13.3. The van der Waals surface area contributed by atoms with Gasteiger partial charge in [0.15, 0.2) is 5.96 Å². The number of H-pyrrole nitrogens is 2. The molecule has 2 aromatic carbocycles. The minimum atomic E-state index is -1.94. The van der Waals surface area contributed by atoms with Crippen LogP contribution in [-0.4, -0.2) is 224 Å². The van der Waals surface area contributed by atoms with Gasteiger partial charge >= 0.3 is 0 Å². The van der Waals surface area contributed by atoms with Gasteiger partial charge in [-0.05, 0) is 98.9 Å². The fraction of sp³-hybridized carbons (Fsp3) is 0.520. The number of hydrogen-bond donors (Lipinski definition) is 24. The molecule has 1 aliphatic heterocycles. The van der Waals surface area contributed by atoms with Gasteiger partial charge in [0, 0.05) is 68.4 Å². The Bertz CT molecular complexity index is 4250. The molecule has 5 rings (SSSR count). The Morgan fingerprint density at radius 3 is 1.55 bits per heavy atom. The molecule has 1 aliphatic rings. The smallest absolute Gasteiger partial charge is 0.243 e. The lowest BCUT2D eigenvalue weighted by Crippen LogP contribution is -2.60. The monoisotopic (exact) mass is 1650 g/mol. The van der Waals surface area contributed by atoms with Gasteiger partial charge in [-0.2, -0.15) is 0 Å². The highest BCUT2D eigenvalue weighted by Crippen LogP contribution is 2.21. The maximum Gasteiger partial charge on any atom is 0.243 e. The van der Waals surface area contributed by atoms with Gasteiger partial charge in [-0.3, -0.25) is 91.7 Å². The average molecular weight is 1650 g/mol. The van der Waals surface area contributed by atoms with Crippen molar-refractivity contribution in [3.8, 4) is 5.75 Å². The Morgan fingerprint density at radius 1 is 0.508 bits per heavy atom. The Balaban J connectivity index is 1.31. The highest BCUT2D eigenvalue weighted by Gasteiger charge is 2.38. The molecule has 0 radical (unpaired) electrons. The number of nitrogens with zero attached hydrogens (tertiary/aromatic N) is 1. The number of imidazole rings is 1. The summed E-state index contributed by atoms with van der Waals surface area (Å²) in [5, 5.41) is 55.6. The molecule has 12 atom stereocenters. The van der Waals surface area contributed by atoms with E-state index in [1.54, 1.807) is 44.3 Å². The molecule has 29 N–H and O–H groups in total. The second kappa shape index (κ2) is 46.9. The summed E-state index contributed by atoms with van der Waals surface area (Å²) in [4.78, 5) is 253. The van der Waals surface area contributed by atoms with E-state index in [1.807, 2.05) is 27.7 Å². The van der Waals surface area contributed by atoms with Crippen molar-refractivity contribution in [3.63, 3.8) is 0 Å². The van der Waals surface area contributed by atoms with Gasteiger partial charge in [0.1, 0.15) is 78.3 Å². The van der Waals surface area contributed by atoms with Crippen LogP contribution < -0.4 is 108 Å². The van der Waals surface area contributed by atoms with Crippen LogP contribution in [0.25, 0.3) is 10.9 Å². The lowest BCUT2D eigenvalue weighted by molar-refractivity contribution is -0.136. The highest BCUT2D eigenvalue weighted by molar-refractivity contribution is 6.01. The molecule has 0 unspecified atom stereocenters. The number of para-hydroxylation sites is 1. The molecule has 118 heavy (non-hydrogen) atoms. The standard InChI is InChI=1S/C75H110N24O19/c1-36(2)25-50(63(79)107)95-71(115)51(26-37(3)4)96-72(116)54(29-42-32-82-35-87-42)90-61(106)34-86-74(118)62(38(5)6)99-64(108)39(7)88-70(114)53(28-41-31-84-45-12-9-8-11-44(41)45)98-69(113)49(19-22-57(77)102)94-73(117)55(30-58(78)103)91-60(105)33-85-65(109)52(27-40-14-16-43(100)17-15-40)97-66(110)46(13-10-24-83-75(80)81)92-68(112)48(18-21-56(76)101)93-67(111)47-20-23-59(104)89-47/h8-9,11-12,14-17,31-32,35-39,46-55,62,84,100H,10,13,18-30,33-34H2,1-7H3,(H2,76,101)(H2,77,102)(H2,78,103)(H2,79,107)(H,82,87)(H,85,109)(H,86,118)(H,88,114)(H,89,104)(H,90,106)(H,91,105)(H,92,112)(H,93,111)(H,94,117)(H,95,115)(H,96,116)(H,97,110)(H,98,113)(H,99,108)(H4,80,81,83)/t39-,46-,47-,48-,49-,50-,51-,52-,53-,54-,55-,62-/m0/s1. The minimum absolute atomic E-state index is 0.00205. The van der Waals surface area contributed by atoms with E-state index in [2.05, 4.69) is 94.7 Å². The number of aromatic nitrogens is 3. The molecule has 644 valence electrons. The topological polar surface area (TPSA) is 706 Å². The molecule has 43 nitrogen and oxygen atoms in total. The number of primary amides is 4. The van der Waals surface area contributed by atoms with Crippen molar-refractivity contribution in [1.82, 2.24) is 94.7 Å². The van der Waals surface area contributed by atoms with Crippen molar-refractivity contribution in [3.05, 3.63) is 84.1 Å². The first kappa shape index (κ1) is 95.3. The molecule has 0 spiro atoms. The van der Waals surface area contributed by atoms with Crippen molar-refractivity contribution in [2.75, 3.05) is 19.6 Å². The number of carbonyl (C=O) groups excluding carboxylic acids is 18. The number of rotatable bonds is 50. The summed E-state index contributed by atoms with van der Waals surface area (Å²) >= 11 is 0. The zero-order chi connectivity index (χ0) is 87.6. The number of phenols is 1. The van der Waals surface area contributed by atoms with Gasteiger partial charge < -0.3 is 123 Å². The lowest BCUT2D eigenvalue weighted by atomic mass is 9.99. The van der Waals surface area contributed by atoms with Crippen LogP contribution >= 0.6 is 0 Å². The zero-order valence-electron chi connectivity index (χ0n) is 66.7. The van der Waals surface area contributed by atoms with Gasteiger partial charge in [0.25, 0.3) is 0 Å². The maximum atomic E-state index is 14.6. The number of carbonyl (C=O) groups is 18. The van der Waals surface area contributed by atoms with Crippen molar-refractivity contribution in [1.29, 1.82) is 5.41 Å². The van der Waals surface area contributed by atoms with Crippen LogP contribution in [0.1, 0.15) is 136 Å². The first-order valence-corrected chi connectivity index (χ1v) is 38.4. The van der Waals surface area contributed by atoms with Crippen molar-refractivity contribution >= 4 is 123 Å². The SMILES string of the molecule is CC(C)C[C@H](NC(=O)[C@H](CC(C)C)NC(=O)[C@H](Cc1c[nH]cn1)NC(=O)CNC(=O)[C@@H](NC(=O)[C@H](C)NC(=O)[C@H](Cc1c[nH]c2ccccc12)NC(=O)[C@H](CCC(N)=O)NC(=O)[C@H](CC(N)=O)NC(=O)CNC(=O)[C@H](Cc1ccc(O)cc1)NC(=O)[C@H](CCCNC(=N)N)NC(=O)[C@H](CCC(N)=O)NC(=O)[C@@H]1CCC(=O)N1)C(C)C)C(N)=O. The molecule has 43 heteroatoms. The third kappa shape index (κ3) is 32.9. The van der Waals surface area contributed by atoms with Crippen molar-refractivity contribution in [2.24, 2.45) is 46.4 Å². The van der Waals surface area contributed by atoms with Crippen LogP contribution in [0.3, 0.4) is 0 Å². The van der Waals surface area contributed by atoms with Crippen molar-refractivity contribution < 1.29 is 91.4 Å². The van der Waals surface area contributed by atoms with Gasteiger partial charge in [0.2, 0.25) is 106 Å². The first-order chi connectivity index (χ1) is 55.7. The summed E-state index contributed by atoms with van der Waals surface area (Å²) in [5.41, 5.74) is 29.2. The second-order valence-electron chi connectivity index (χ2n) is 29.7. The van der Waals surface area contributed by atoms with Crippen LogP contribution in [0, 0.1) is 23.2 Å². The number of guanidine groups is 1. The normalized spacial score (nSPS) is 15.2. The number of phenolic OH excluding ortho intramolecular Hbond substituents is 1. The fourth-order valence-corrected chi connectivity index (χ4v) is 12.3. The largest absolute Gasteiger partial charge is 0.508 e. The van der Waals surface area contributed by atoms with E-state index in [0.717, 1.165) is 0 Å². The Kier molecular flexibility index (Phi) is 37.9. The summed E-state index contributed by atoms with van der Waals surface area (Å²) in [6.07, 6.45) is 0.964. The predicted molar refractivity (Wildman–Crippen MR) is 423 cm³/mol. The number of fused-ring (bicyclic) bond motifs is 1. The summed E-state index contributed by atoms with van der Waals surface area (Å²) in [6, 6.07) is -5.29. The second-order valence-corrected chi connectivity index (χ2v) is 29.7. The van der Waals surface area contributed by atoms with Crippen molar-refractivity contribution in [2.45, 2.75) is 211 Å². The van der Waals surface area contributed by atoms with Gasteiger partial charge in [0.05, 0.1) is 31.5 Å². The minimum Gasteiger partial charge on any atom is -0.508 e. The highest BCUT2D eigenvalue weighted by atomic mass is 16.3. The molecule has 4 aromatic rings. The molecular formula is C75H110N24O19. The number of aromatic amines is 2. The lowest BCUT2D eigenvalue weighted by Gasteiger charge is -2.27. The van der Waals surface area contributed by atoms with Crippen LogP contribution in [-0.2, 0) is 106 Å². The number of nitrogens with two attached hydrogens (primary N) is 5. The molecule has 2 aromatic heterocycles. The van der Waals surface area contributed by atoms with Crippen LogP contribution in [0.5, 0.6) is 5.75 Å². The molecule has 1 saturated heterocycles. The molecule has 3 heterocycles. The Morgan fingerprint density at radius 2 is 1.01 bits per heavy atom. The van der Waals surface area contributed by atoms with Crippen LogP contribution in [0.2, 0.25) is 0 Å². The quantitative estimate of drug-likeness (QED) is 0.0111. The van der Waals surface area contributed by atoms with Gasteiger partial charge in [-0.1, -0.05) is 71.9 Å². The predicted octanol–water partition coefficient (Wildman–Crippen LogP) is -6.61. The van der Waals surface area contributed by atoms with Gasteiger partial charge in [-0.15, -0.1) is 0 Å². The molecule has 0 aliphatic carbocycles. The molecule has 1 fully saturated rings. The third-order valence-corrected chi connectivity index (χ3v) is 18.5. The summed E-state index contributed by atoms with van der Waals surface area (Å²) in [7, 11) is 0. The van der Waals surface area contributed by atoms with Gasteiger partial charge in [-0.25, -0.2) is 4.98 Å². The molecule has 18 amide bonds. The van der Waals surface area contributed by atoms with E-state index in [9.17, 15) is 91.4 Å². The number of hydrogen-bond acceptors (Lipinski definition) is 21. The number of aromatic hydroxyl groups is 1. The summed E-state index contributed by atoms with van der Waals surface area (Å²) < 4.78 is 0. The Labute approximate surface area is 678 Å². The molecular weight excluding hydrogens is 1540 g/mol. The first-order valence-electron chi connectivity index (χ1n) is 38.4. The summed E-state index contributed by atoms with van der Waals surface area (Å²) in [5.74, 6) is -18.2. The van der Waals surface area contributed by atoms with E-state index in [0.29, 0.717) is 27.7 Å². The van der Waals surface area contributed by atoms with E-state index >= 15 is 0 Å². The zero-order valence-corrected chi connectivity index (χ0v) is 66.7. The van der Waals surface area contributed by atoms with Crippen LogP contribution in [0.4, 0.5) is 0 Å². The van der Waals surface area contributed by atoms with E-state index in [-0.39, 0.29) is 88.3 Å². The number of amides is 18. The third-order valence-electron chi connectivity index (χ3n) is 18.5. The summed E-state index contributed by atoms with van der Waals surface area (Å²) in [6.45, 7) is 9.94. The maximum absolute atomic E-state index is 14.6. The molecule has 0 bridgehead atoms. The van der Waals surface area contributed by atoms with E-state index < -0.39 is 229 Å². The van der Waals surface area contributed by atoms with E-state index in [1.165, 1.54) is 43.7 Å². The molecule has 0 saturated carbocycles. The number of benzene rings is 2. The van der Waals surface area contributed by atoms with E-state index in [4.69, 9.17) is 34.1 Å². The average Bonchev–Trinajstić information content (AvgIpc) is 1.66.